The number of carbonyl (C=O) groups excluding carboxylic acids is 2. The predicted octanol–water partition coefficient (Wildman–Crippen LogP) is 2.83. The van der Waals surface area contributed by atoms with E-state index in [2.05, 4.69) is 26.6 Å². The minimum absolute atomic E-state index is 0.0338. The average Bonchev–Trinajstić information content (AvgIpc) is 3.00. The molecule has 2 amide bonds. The van der Waals surface area contributed by atoms with Crippen LogP contribution in [-0.4, -0.2) is 31.5 Å². The van der Waals surface area contributed by atoms with E-state index >= 15 is 0 Å². The minimum atomic E-state index is -0.247. The summed E-state index contributed by atoms with van der Waals surface area (Å²) in [5.41, 5.74) is 0. The van der Waals surface area contributed by atoms with Crippen LogP contribution in [0.4, 0.5) is 0 Å². The third-order valence-electron chi connectivity index (χ3n) is 2.86. The van der Waals surface area contributed by atoms with Gasteiger partial charge in [-0.05, 0) is 46.6 Å². The zero-order valence-electron chi connectivity index (χ0n) is 12.4. The van der Waals surface area contributed by atoms with Gasteiger partial charge in [-0.15, -0.1) is 11.3 Å². The van der Waals surface area contributed by atoms with Gasteiger partial charge in [-0.3, -0.25) is 9.59 Å². The molecule has 0 radical (unpaired) electrons. The highest BCUT2D eigenvalue weighted by Crippen LogP contribution is 2.21. The molecule has 1 aromatic carbocycles. The molecule has 0 saturated carbocycles. The van der Waals surface area contributed by atoms with E-state index in [-0.39, 0.29) is 18.4 Å². The molecule has 23 heavy (non-hydrogen) atoms. The lowest BCUT2D eigenvalue weighted by Crippen LogP contribution is -2.37. The molecule has 1 heterocycles. The zero-order valence-corrected chi connectivity index (χ0v) is 14.8. The number of rotatable bonds is 8. The fourth-order valence-electron chi connectivity index (χ4n) is 1.75. The first-order valence-corrected chi connectivity index (χ1v) is 8.74. The Bertz CT molecular complexity index is 646. The summed E-state index contributed by atoms with van der Waals surface area (Å²) in [7, 11) is 0. The zero-order chi connectivity index (χ0) is 16.5. The van der Waals surface area contributed by atoms with Crippen molar-refractivity contribution >= 4 is 39.1 Å². The molecule has 0 aliphatic carbocycles. The lowest BCUT2D eigenvalue weighted by atomic mass is 10.3. The van der Waals surface area contributed by atoms with Gasteiger partial charge >= 0.3 is 0 Å². The molecule has 0 aliphatic rings. The van der Waals surface area contributed by atoms with Crippen molar-refractivity contribution in [3.63, 3.8) is 0 Å². The van der Waals surface area contributed by atoms with Crippen LogP contribution in [0.25, 0.3) is 0 Å². The van der Waals surface area contributed by atoms with Crippen LogP contribution >= 0.6 is 27.3 Å². The van der Waals surface area contributed by atoms with Gasteiger partial charge in [-0.2, -0.15) is 0 Å². The van der Waals surface area contributed by atoms with Crippen molar-refractivity contribution in [1.29, 1.82) is 0 Å². The molecule has 122 valence electrons. The van der Waals surface area contributed by atoms with Gasteiger partial charge in [0.2, 0.25) is 5.91 Å². The van der Waals surface area contributed by atoms with Crippen LogP contribution in [-0.2, 0) is 4.79 Å². The number of benzene rings is 1. The molecule has 1 aromatic heterocycles. The van der Waals surface area contributed by atoms with E-state index in [1.165, 1.54) is 11.3 Å². The van der Waals surface area contributed by atoms with Crippen molar-refractivity contribution in [2.75, 3.05) is 19.7 Å². The summed E-state index contributed by atoms with van der Waals surface area (Å²) in [6.07, 6.45) is 0.701. The van der Waals surface area contributed by atoms with E-state index in [1.54, 1.807) is 12.1 Å². The molecule has 2 aromatic rings. The summed E-state index contributed by atoms with van der Waals surface area (Å²) in [4.78, 5) is 24.0. The number of carbonyl (C=O) groups is 2. The second-order valence-electron chi connectivity index (χ2n) is 4.65. The second kappa shape index (κ2) is 9.32. The van der Waals surface area contributed by atoms with Gasteiger partial charge in [-0.1, -0.05) is 18.2 Å². The van der Waals surface area contributed by atoms with Crippen LogP contribution in [0.2, 0.25) is 0 Å². The molecular formula is C16H17BrN2O3S. The maximum absolute atomic E-state index is 11.8. The summed E-state index contributed by atoms with van der Waals surface area (Å²) >= 11 is 4.62. The first kappa shape index (κ1) is 17.5. The molecule has 7 heteroatoms. The number of hydrogen-bond acceptors (Lipinski definition) is 4. The summed E-state index contributed by atoms with van der Waals surface area (Å²) in [5, 5.41) is 5.33. The molecule has 2 rings (SSSR count). The number of amides is 2. The third kappa shape index (κ3) is 6.42. The Morgan fingerprint density at radius 2 is 1.87 bits per heavy atom. The van der Waals surface area contributed by atoms with Gasteiger partial charge in [0.25, 0.3) is 5.91 Å². The van der Waals surface area contributed by atoms with Crippen molar-refractivity contribution in [3.05, 3.63) is 51.1 Å². The SMILES string of the molecule is O=C(CNC(=O)c1ccc(Br)s1)NCCCOc1ccccc1. The van der Waals surface area contributed by atoms with E-state index in [0.717, 1.165) is 9.54 Å². The van der Waals surface area contributed by atoms with Gasteiger partial charge in [0, 0.05) is 6.54 Å². The fourth-order valence-corrected chi connectivity index (χ4v) is 3.06. The lowest BCUT2D eigenvalue weighted by Gasteiger charge is -2.08. The predicted molar refractivity (Wildman–Crippen MR) is 93.9 cm³/mol. The molecule has 0 fully saturated rings. The van der Waals surface area contributed by atoms with Gasteiger partial charge in [-0.25, -0.2) is 0 Å². The summed E-state index contributed by atoms with van der Waals surface area (Å²) in [5.74, 6) is 0.352. The second-order valence-corrected chi connectivity index (χ2v) is 7.11. The number of hydrogen-bond donors (Lipinski definition) is 2. The Balaban J connectivity index is 1.56. The maximum atomic E-state index is 11.8. The number of ether oxygens (including phenoxy) is 1. The summed E-state index contributed by atoms with van der Waals surface area (Å²) in [6.45, 7) is 1.000. The van der Waals surface area contributed by atoms with Gasteiger partial charge in [0.05, 0.1) is 21.8 Å². The first-order valence-electron chi connectivity index (χ1n) is 7.13. The molecule has 0 aliphatic heterocycles. The van der Waals surface area contributed by atoms with E-state index in [0.29, 0.717) is 24.4 Å². The molecule has 5 nitrogen and oxygen atoms in total. The van der Waals surface area contributed by atoms with Gasteiger partial charge in [0.1, 0.15) is 5.75 Å². The normalized spacial score (nSPS) is 10.1. The number of para-hydroxylation sites is 1. The first-order chi connectivity index (χ1) is 11.1. The monoisotopic (exact) mass is 396 g/mol. The van der Waals surface area contributed by atoms with Crippen molar-refractivity contribution in [2.24, 2.45) is 0 Å². The smallest absolute Gasteiger partial charge is 0.261 e. The van der Waals surface area contributed by atoms with Crippen molar-refractivity contribution in [1.82, 2.24) is 10.6 Å². The van der Waals surface area contributed by atoms with Crippen LogP contribution < -0.4 is 15.4 Å². The Morgan fingerprint density at radius 3 is 2.57 bits per heavy atom. The molecule has 0 unspecified atom stereocenters. The fraction of sp³-hybridized carbons (Fsp3) is 0.250. The largest absolute Gasteiger partial charge is 0.494 e. The van der Waals surface area contributed by atoms with Crippen LogP contribution in [0.1, 0.15) is 16.1 Å². The standard InChI is InChI=1S/C16H17BrN2O3S/c17-14-8-7-13(23-14)16(21)19-11-15(20)18-9-4-10-22-12-5-2-1-3-6-12/h1-3,5-8H,4,9-11H2,(H,18,20)(H,19,21). The number of halogens is 1. The van der Waals surface area contributed by atoms with Crippen LogP contribution in [0.5, 0.6) is 5.75 Å². The topological polar surface area (TPSA) is 67.4 Å². The Morgan fingerprint density at radius 1 is 1.09 bits per heavy atom. The molecular weight excluding hydrogens is 380 g/mol. The quantitative estimate of drug-likeness (QED) is 0.674. The van der Waals surface area contributed by atoms with E-state index in [4.69, 9.17) is 4.74 Å². The number of nitrogens with one attached hydrogen (secondary N) is 2. The molecule has 2 N–H and O–H groups in total. The van der Waals surface area contributed by atoms with E-state index in [1.807, 2.05) is 30.3 Å². The van der Waals surface area contributed by atoms with Crippen LogP contribution in [0.15, 0.2) is 46.3 Å². The van der Waals surface area contributed by atoms with Gasteiger partial charge in [0.15, 0.2) is 0 Å². The van der Waals surface area contributed by atoms with Crippen molar-refractivity contribution < 1.29 is 14.3 Å². The van der Waals surface area contributed by atoms with Crippen molar-refractivity contribution in [3.8, 4) is 5.75 Å². The van der Waals surface area contributed by atoms with Crippen molar-refractivity contribution in [2.45, 2.75) is 6.42 Å². The van der Waals surface area contributed by atoms with Crippen LogP contribution in [0.3, 0.4) is 0 Å². The highest BCUT2D eigenvalue weighted by Gasteiger charge is 2.09. The highest BCUT2D eigenvalue weighted by molar-refractivity contribution is 9.11. The van der Waals surface area contributed by atoms with Gasteiger partial charge < -0.3 is 15.4 Å². The molecule has 0 spiro atoms. The van der Waals surface area contributed by atoms with E-state index in [9.17, 15) is 9.59 Å². The number of thiophene rings is 1. The Kier molecular flexibility index (Phi) is 7.09. The maximum Gasteiger partial charge on any atom is 0.261 e. The summed E-state index contributed by atoms with van der Waals surface area (Å²) < 4.78 is 6.40. The van der Waals surface area contributed by atoms with Crippen LogP contribution in [0, 0.1) is 0 Å². The lowest BCUT2D eigenvalue weighted by molar-refractivity contribution is -0.120. The van der Waals surface area contributed by atoms with E-state index < -0.39 is 0 Å². The molecule has 0 atom stereocenters. The third-order valence-corrected chi connectivity index (χ3v) is 4.48. The minimum Gasteiger partial charge on any atom is -0.494 e. The summed E-state index contributed by atoms with van der Waals surface area (Å²) in [6, 6.07) is 13.0. The molecule has 0 bridgehead atoms. The highest BCUT2D eigenvalue weighted by atomic mass is 79.9. The Hall–Kier alpha value is -1.86. The Labute approximate surface area is 147 Å². The molecule has 0 saturated heterocycles. The average molecular weight is 397 g/mol.